The first-order chi connectivity index (χ1) is 8.26. The monoisotopic (exact) mass is 247 g/mol. The number of nitrogens with zero attached hydrogens (tertiary/aromatic N) is 2. The molecule has 1 aromatic carbocycles. The van der Waals surface area contributed by atoms with Gasteiger partial charge in [0.15, 0.2) is 0 Å². The van der Waals surface area contributed by atoms with Crippen LogP contribution in [0, 0.1) is 5.41 Å². The highest BCUT2D eigenvalue weighted by Gasteiger charge is 2.10. The number of nitrogens with one attached hydrogen (secondary N) is 1. The van der Waals surface area contributed by atoms with Crippen molar-refractivity contribution >= 4 is 28.2 Å². The Labute approximate surface area is 105 Å². The topological polar surface area (TPSA) is 49.6 Å². The molecule has 1 N–H and O–H groups in total. The van der Waals surface area contributed by atoms with E-state index >= 15 is 0 Å². The van der Waals surface area contributed by atoms with Crippen LogP contribution in [0.5, 0.6) is 0 Å². The standard InChI is InChI=1S/C13H14ClN3/c1-2-5-10(15)13-9-6-3-4-7-11(9)16-12(8-14)17-13/h3-4,6-7,15H,2,5,8H2,1H3. The molecule has 4 heteroatoms. The van der Waals surface area contributed by atoms with E-state index in [0.717, 1.165) is 23.7 Å². The highest BCUT2D eigenvalue weighted by atomic mass is 35.5. The van der Waals surface area contributed by atoms with Gasteiger partial charge in [-0.05, 0) is 12.5 Å². The summed E-state index contributed by atoms with van der Waals surface area (Å²) in [6, 6.07) is 7.75. The highest BCUT2D eigenvalue weighted by Crippen LogP contribution is 2.18. The number of rotatable bonds is 4. The number of fused-ring (bicyclic) bond motifs is 1. The Morgan fingerprint density at radius 3 is 2.76 bits per heavy atom. The van der Waals surface area contributed by atoms with Gasteiger partial charge in [0.25, 0.3) is 0 Å². The summed E-state index contributed by atoms with van der Waals surface area (Å²) in [5.74, 6) is 0.860. The molecule has 0 aliphatic carbocycles. The highest BCUT2D eigenvalue weighted by molar-refractivity contribution is 6.17. The summed E-state index contributed by atoms with van der Waals surface area (Å²) in [6.07, 6.45) is 1.66. The molecule has 0 fully saturated rings. The predicted molar refractivity (Wildman–Crippen MR) is 70.8 cm³/mol. The Hall–Kier alpha value is -1.48. The normalized spacial score (nSPS) is 10.7. The van der Waals surface area contributed by atoms with Crippen LogP contribution < -0.4 is 0 Å². The SMILES string of the molecule is CCCC(=N)c1nc(CCl)nc2ccccc12. The van der Waals surface area contributed by atoms with E-state index in [0.29, 0.717) is 17.2 Å². The molecular formula is C13H14ClN3. The van der Waals surface area contributed by atoms with Gasteiger partial charge in [-0.1, -0.05) is 31.5 Å². The van der Waals surface area contributed by atoms with Crippen LogP contribution in [-0.2, 0) is 5.88 Å². The van der Waals surface area contributed by atoms with E-state index in [4.69, 9.17) is 17.0 Å². The van der Waals surface area contributed by atoms with Gasteiger partial charge >= 0.3 is 0 Å². The number of alkyl halides is 1. The molecule has 0 radical (unpaired) electrons. The molecule has 0 atom stereocenters. The smallest absolute Gasteiger partial charge is 0.144 e. The van der Waals surface area contributed by atoms with Gasteiger partial charge in [-0.3, -0.25) is 0 Å². The van der Waals surface area contributed by atoms with E-state index in [1.165, 1.54) is 0 Å². The summed E-state index contributed by atoms with van der Waals surface area (Å²) in [5.41, 5.74) is 2.12. The van der Waals surface area contributed by atoms with Crippen molar-refractivity contribution in [1.82, 2.24) is 9.97 Å². The minimum Gasteiger partial charge on any atom is -0.303 e. The van der Waals surface area contributed by atoms with Crippen LogP contribution in [-0.4, -0.2) is 15.7 Å². The molecule has 0 saturated carbocycles. The average Bonchev–Trinajstić information content (AvgIpc) is 2.37. The van der Waals surface area contributed by atoms with Gasteiger partial charge in [-0.25, -0.2) is 9.97 Å². The van der Waals surface area contributed by atoms with E-state index in [1.54, 1.807) is 0 Å². The van der Waals surface area contributed by atoms with Crippen molar-refractivity contribution in [3.05, 3.63) is 35.8 Å². The molecule has 2 rings (SSSR count). The number of benzene rings is 1. The van der Waals surface area contributed by atoms with Crippen LogP contribution in [0.15, 0.2) is 24.3 Å². The molecule has 2 aromatic rings. The van der Waals surface area contributed by atoms with Gasteiger partial charge < -0.3 is 5.41 Å². The van der Waals surface area contributed by atoms with Gasteiger partial charge in [-0.2, -0.15) is 0 Å². The van der Waals surface area contributed by atoms with Crippen molar-refractivity contribution in [1.29, 1.82) is 5.41 Å². The first-order valence-electron chi connectivity index (χ1n) is 5.65. The van der Waals surface area contributed by atoms with Crippen molar-refractivity contribution in [2.75, 3.05) is 0 Å². The molecular weight excluding hydrogens is 234 g/mol. The van der Waals surface area contributed by atoms with E-state index in [9.17, 15) is 0 Å². The lowest BCUT2D eigenvalue weighted by molar-refractivity contribution is 0.971. The number of aromatic nitrogens is 2. The molecule has 0 amide bonds. The Morgan fingerprint density at radius 1 is 1.29 bits per heavy atom. The maximum Gasteiger partial charge on any atom is 0.144 e. The minimum atomic E-state index is 0.275. The van der Waals surface area contributed by atoms with Crippen LogP contribution in [0.25, 0.3) is 10.9 Å². The lowest BCUT2D eigenvalue weighted by Crippen LogP contribution is -2.06. The third-order valence-electron chi connectivity index (χ3n) is 2.55. The summed E-state index contributed by atoms with van der Waals surface area (Å²) in [6.45, 7) is 2.06. The second-order valence-corrected chi connectivity index (χ2v) is 4.14. The minimum absolute atomic E-state index is 0.275. The maximum absolute atomic E-state index is 8.05. The Kier molecular flexibility index (Phi) is 3.69. The molecule has 88 valence electrons. The summed E-state index contributed by atoms with van der Waals surface area (Å²) in [5, 5.41) is 8.98. The zero-order valence-electron chi connectivity index (χ0n) is 9.70. The second-order valence-electron chi connectivity index (χ2n) is 3.87. The summed E-state index contributed by atoms with van der Waals surface area (Å²) < 4.78 is 0. The first kappa shape index (κ1) is 12.0. The van der Waals surface area contributed by atoms with E-state index in [1.807, 2.05) is 24.3 Å². The van der Waals surface area contributed by atoms with Crippen LogP contribution in [0.2, 0.25) is 0 Å². The average molecular weight is 248 g/mol. The quantitative estimate of drug-likeness (QED) is 0.664. The van der Waals surface area contributed by atoms with Crippen molar-refractivity contribution in [3.8, 4) is 0 Å². The number of para-hydroxylation sites is 1. The second kappa shape index (κ2) is 5.23. The molecule has 1 aromatic heterocycles. The van der Waals surface area contributed by atoms with Crippen molar-refractivity contribution < 1.29 is 0 Å². The molecule has 0 spiro atoms. The summed E-state index contributed by atoms with van der Waals surface area (Å²) >= 11 is 5.79. The lowest BCUT2D eigenvalue weighted by Gasteiger charge is -2.07. The number of hydrogen-bond donors (Lipinski definition) is 1. The molecule has 0 aliphatic rings. The van der Waals surface area contributed by atoms with Gasteiger partial charge in [0.05, 0.1) is 22.8 Å². The van der Waals surface area contributed by atoms with Gasteiger partial charge in [0.2, 0.25) is 0 Å². The first-order valence-corrected chi connectivity index (χ1v) is 6.19. The van der Waals surface area contributed by atoms with Crippen LogP contribution in [0.3, 0.4) is 0 Å². The third kappa shape index (κ3) is 2.44. The van der Waals surface area contributed by atoms with Crippen molar-refractivity contribution in [3.63, 3.8) is 0 Å². The summed E-state index contributed by atoms with van der Waals surface area (Å²) in [7, 11) is 0. The van der Waals surface area contributed by atoms with Gasteiger partial charge in [-0.15, -0.1) is 11.6 Å². The molecule has 1 heterocycles. The molecule has 17 heavy (non-hydrogen) atoms. The van der Waals surface area contributed by atoms with E-state index in [2.05, 4.69) is 16.9 Å². The largest absolute Gasteiger partial charge is 0.303 e. The maximum atomic E-state index is 8.05. The fourth-order valence-corrected chi connectivity index (χ4v) is 1.90. The van der Waals surface area contributed by atoms with Crippen LogP contribution in [0.4, 0.5) is 0 Å². The third-order valence-corrected chi connectivity index (χ3v) is 2.79. The van der Waals surface area contributed by atoms with Crippen LogP contribution >= 0.6 is 11.6 Å². The Bertz CT molecular complexity index is 551. The number of hydrogen-bond acceptors (Lipinski definition) is 3. The fraction of sp³-hybridized carbons (Fsp3) is 0.308. The van der Waals surface area contributed by atoms with E-state index < -0.39 is 0 Å². The number of halogens is 1. The van der Waals surface area contributed by atoms with Gasteiger partial charge in [0.1, 0.15) is 5.82 Å². The van der Waals surface area contributed by atoms with Crippen LogP contribution in [0.1, 0.15) is 31.3 Å². The zero-order chi connectivity index (χ0) is 12.3. The molecule has 3 nitrogen and oxygen atoms in total. The fourth-order valence-electron chi connectivity index (χ4n) is 1.78. The molecule has 0 saturated heterocycles. The molecule has 0 bridgehead atoms. The zero-order valence-corrected chi connectivity index (χ0v) is 10.5. The Morgan fingerprint density at radius 2 is 2.06 bits per heavy atom. The molecule has 0 aliphatic heterocycles. The summed E-state index contributed by atoms with van der Waals surface area (Å²) in [4.78, 5) is 8.73. The van der Waals surface area contributed by atoms with Crippen molar-refractivity contribution in [2.24, 2.45) is 0 Å². The van der Waals surface area contributed by atoms with E-state index in [-0.39, 0.29) is 5.88 Å². The Balaban J connectivity index is 2.62. The predicted octanol–water partition coefficient (Wildman–Crippen LogP) is 3.54. The van der Waals surface area contributed by atoms with Crippen molar-refractivity contribution in [2.45, 2.75) is 25.6 Å². The van der Waals surface area contributed by atoms with Gasteiger partial charge in [0, 0.05) is 5.39 Å². The lowest BCUT2D eigenvalue weighted by atomic mass is 10.1. The molecule has 0 unspecified atom stereocenters.